The van der Waals surface area contributed by atoms with Gasteiger partial charge < -0.3 is 10.5 Å². The highest BCUT2D eigenvalue weighted by Gasteiger charge is 2.37. The number of benzene rings is 1. The van der Waals surface area contributed by atoms with Gasteiger partial charge in [-0.2, -0.15) is 10.4 Å². The highest BCUT2D eigenvalue weighted by atomic mass is 16.5. The van der Waals surface area contributed by atoms with Crippen molar-refractivity contribution in [3.63, 3.8) is 0 Å². The van der Waals surface area contributed by atoms with Crippen molar-refractivity contribution < 1.29 is 4.74 Å². The molecular formula is C21H19N5O. The second kappa shape index (κ2) is 6.61. The lowest BCUT2D eigenvalue weighted by molar-refractivity contribution is 0.367. The van der Waals surface area contributed by atoms with Crippen LogP contribution >= 0.6 is 0 Å². The number of nitrogens with two attached hydrogens (primary N) is 1. The number of fused-ring (bicyclic) bond motifs is 1. The van der Waals surface area contributed by atoms with E-state index in [1.165, 1.54) is 0 Å². The molecule has 6 nitrogen and oxygen atoms in total. The zero-order valence-corrected chi connectivity index (χ0v) is 15.1. The minimum atomic E-state index is -0.359. The molecule has 0 radical (unpaired) electrons. The van der Waals surface area contributed by atoms with Gasteiger partial charge in [-0.1, -0.05) is 38.1 Å². The van der Waals surface area contributed by atoms with Crippen molar-refractivity contribution in [3.8, 4) is 17.6 Å². The zero-order valence-electron chi connectivity index (χ0n) is 15.1. The van der Waals surface area contributed by atoms with Gasteiger partial charge in [-0.05, 0) is 29.7 Å². The maximum atomic E-state index is 9.76. The molecule has 0 saturated carbocycles. The number of rotatable bonds is 3. The van der Waals surface area contributed by atoms with Gasteiger partial charge in [-0.25, -0.2) is 4.68 Å². The van der Waals surface area contributed by atoms with E-state index in [1.54, 1.807) is 17.1 Å². The maximum absolute atomic E-state index is 9.76. The number of allylic oxidation sites excluding steroid dienone is 1. The molecule has 0 aliphatic carbocycles. The molecule has 0 bridgehead atoms. The van der Waals surface area contributed by atoms with Gasteiger partial charge in [-0.15, -0.1) is 0 Å². The quantitative estimate of drug-likeness (QED) is 0.773. The first-order chi connectivity index (χ1) is 13.1. The summed E-state index contributed by atoms with van der Waals surface area (Å²) < 4.78 is 7.68. The Hall–Kier alpha value is -3.59. The monoisotopic (exact) mass is 357 g/mol. The number of nitrogens with zero attached hydrogens (tertiary/aromatic N) is 4. The Labute approximate surface area is 157 Å². The van der Waals surface area contributed by atoms with Crippen LogP contribution in [-0.2, 0) is 0 Å². The smallest absolute Gasteiger partial charge is 0.229 e. The topological polar surface area (TPSA) is 89.8 Å². The maximum Gasteiger partial charge on any atom is 0.229 e. The summed E-state index contributed by atoms with van der Waals surface area (Å²) in [7, 11) is 0. The fourth-order valence-electron chi connectivity index (χ4n) is 3.42. The number of para-hydroxylation sites is 1. The average Bonchev–Trinajstić information content (AvgIpc) is 3.07. The van der Waals surface area contributed by atoms with E-state index in [-0.39, 0.29) is 17.7 Å². The standard InChI is InChI=1S/C21H19N5O/c1-13(2)19-18-17(14-7-6-10-24-12-14)16(11-22)20(23)27-21(18)26(25-19)15-8-4-3-5-9-15/h3-10,12-13,17H,23H2,1-2H3. The molecule has 3 heterocycles. The van der Waals surface area contributed by atoms with Crippen molar-refractivity contribution >= 4 is 0 Å². The van der Waals surface area contributed by atoms with E-state index in [0.29, 0.717) is 11.5 Å². The van der Waals surface area contributed by atoms with Crippen molar-refractivity contribution in [2.45, 2.75) is 25.7 Å². The zero-order chi connectivity index (χ0) is 19.0. The van der Waals surface area contributed by atoms with Gasteiger partial charge in [0.25, 0.3) is 0 Å². The minimum absolute atomic E-state index is 0.103. The van der Waals surface area contributed by atoms with E-state index >= 15 is 0 Å². The van der Waals surface area contributed by atoms with Crippen LogP contribution in [0, 0.1) is 11.3 Å². The van der Waals surface area contributed by atoms with Crippen LogP contribution in [0.3, 0.4) is 0 Å². The van der Waals surface area contributed by atoms with E-state index in [9.17, 15) is 5.26 Å². The molecule has 1 aliphatic heterocycles. The third-order valence-corrected chi connectivity index (χ3v) is 4.64. The summed E-state index contributed by atoms with van der Waals surface area (Å²) in [6, 6.07) is 15.8. The first-order valence-electron chi connectivity index (χ1n) is 8.77. The van der Waals surface area contributed by atoms with Gasteiger partial charge in [0.05, 0.1) is 22.9 Å². The lowest BCUT2D eigenvalue weighted by Gasteiger charge is -2.25. The van der Waals surface area contributed by atoms with E-state index in [1.807, 2.05) is 42.5 Å². The van der Waals surface area contributed by atoms with Crippen LogP contribution < -0.4 is 10.5 Å². The average molecular weight is 357 g/mol. The Morgan fingerprint density at radius 2 is 1.96 bits per heavy atom. The second-order valence-corrected chi connectivity index (χ2v) is 6.72. The highest BCUT2D eigenvalue weighted by molar-refractivity contribution is 5.57. The predicted octanol–water partition coefficient (Wildman–Crippen LogP) is 3.61. The van der Waals surface area contributed by atoms with Crippen LogP contribution in [0.15, 0.2) is 66.3 Å². The Balaban J connectivity index is 2.02. The molecule has 1 unspecified atom stereocenters. The van der Waals surface area contributed by atoms with Crippen molar-refractivity contribution in [1.29, 1.82) is 5.26 Å². The molecule has 4 rings (SSSR count). The molecule has 1 aromatic carbocycles. The molecule has 2 aromatic heterocycles. The van der Waals surface area contributed by atoms with Gasteiger partial charge in [0.2, 0.25) is 11.8 Å². The lowest BCUT2D eigenvalue weighted by atomic mass is 9.83. The van der Waals surface area contributed by atoms with E-state index in [2.05, 4.69) is 24.9 Å². The Morgan fingerprint density at radius 3 is 2.59 bits per heavy atom. The first kappa shape index (κ1) is 16.9. The summed E-state index contributed by atoms with van der Waals surface area (Å²) in [6.45, 7) is 4.15. The third kappa shape index (κ3) is 2.74. The predicted molar refractivity (Wildman–Crippen MR) is 101 cm³/mol. The molecular weight excluding hydrogens is 338 g/mol. The van der Waals surface area contributed by atoms with Gasteiger partial charge in [0.1, 0.15) is 11.6 Å². The Morgan fingerprint density at radius 1 is 1.19 bits per heavy atom. The molecule has 0 saturated heterocycles. The lowest BCUT2D eigenvalue weighted by Crippen LogP contribution is -2.22. The third-order valence-electron chi connectivity index (χ3n) is 4.64. The van der Waals surface area contributed by atoms with E-state index < -0.39 is 0 Å². The molecule has 0 fully saturated rings. The van der Waals surface area contributed by atoms with E-state index in [0.717, 1.165) is 22.5 Å². The van der Waals surface area contributed by atoms with Crippen molar-refractivity contribution in [2.24, 2.45) is 5.73 Å². The summed E-state index contributed by atoms with van der Waals surface area (Å²) in [5.41, 5.74) is 10.0. The summed E-state index contributed by atoms with van der Waals surface area (Å²) in [5, 5.41) is 14.6. The van der Waals surface area contributed by atoms with Crippen LogP contribution in [0.1, 0.15) is 42.5 Å². The van der Waals surface area contributed by atoms with Crippen molar-refractivity contribution in [3.05, 3.63) is 83.1 Å². The molecule has 2 N–H and O–H groups in total. The molecule has 0 spiro atoms. The van der Waals surface area contributed by atoms with Gasteiger partial charge in [0.15, 0.2) is 0 Å². The number of ether oxygens (including phenoxy) is 1. The number of nitriles is 1. The SMILES string of the molecule is CC(C)c1nn(-c2ccccc2)c2c1C(c1cccnc1)C(C#N)=C(N)O2. The van der Waals surface area contributed by atoms with Crippen LogP contribution in [0.25, 0.3) is 5.69 Å². The molecule has 27 heavy (non-hydrogen) atoms. The Kier molecular flexibility index (Phi) is 4.13. The molecule has 134 valence electrons. The summed E-state index contributed by atoms with van der Waals surface area (Å²) in [4.78, 5) is 4.23. The van der Waals surface area contributed by atoms with Gasteiger partial charge >= 0.3 is 0 Å². The molecule has 3 aromatic rings. The van der Waals surface area contributed by atoms with Crippen molar-refractivity contribution in [1.82, 2.24) is 14.8 Å². The summed E-state index contributed by atoms with van der Waals surface area (Å²) in [5.74, 6) is 0.439. The van der Waals surface area contributed by atoms with E-state index in [4.69, 9.17) is 15.6 Å². The summed E-state index contributed by atoms with van der Waals surface area (Å²) in [6.07, 6.45) is 3.47. The van der Waals surface area contributed by atoms with Crippen LogP contribution in [0.4, 0.5) is 0 Å². The number of hydrogen-bond donors (Lipinski definition) is 1. The van der Waals surface area contributed by atoms with Gasteiger partial charge in [-0.3, -0.25) is 4.98 Å². The highest BCUT2D eigenvalue weighted by Crippen LogP contribution is 2.46. The number of pyridine rings is 1. The second-order valence-electron chi connectivity index (χ2n) is 6.72. The van der Waals surface area contributed by atoms with Crippen LogP contribution in [-0.4, -0.2) is 14.8 Å². The number of hydrogen-bond acceptors (Lipinski definition) is 5. The normalized spacial score (nSPS) is 16.0. The minimum Gasteiger partial charge on any atom is -0.422 e. The largest absolute Gasteiger partial charge is 0.422 e. The van der Waals surface area contributed by atoms with Crippen LogP contribution in [0.5, 0.6) is 5.88 Å². The van der Waals surface area contributed by atoms with Crippen LogP contribution in [0.2, 0.25) is 0 Å². The molecule has 1 atom stereocenters. The molecule has 6 heteroatoms. The van der Waals surface area contributed by atoms with Crippen molar-refractivity contribution in [2.75, 3.05) is 0 Å². The molecule has 1 aliphatic rings. The summed E-state index contributed by atoms with van der Waals surface area (Å²) >= 11 is 0. The fraction of sp³-hybridized carbons (Fsp3) is 0.190. The number of aromatic nitrogens is 3. The van der Waals surface area contributed by atoms with Gasteiger partial charge in [0, 0.05) is 12.4 Å². The fourth-order valence-corrected chi connectivity index (χ4v) is 3.42. The first-order valence-corrected chi connectivity index (χ1v) is 8.77. The Bertz CT molecular complexity index is 1050. The molecule has 0 amide bonds.